The zero-order valence-corrected chi connectivity index (χ0v) is 39.5. The SMILES string of the molecule is C1=CC(n2c3ccccc3c3cc(-c4ccc5c(c4)c4ccccc4n5-c4ccc(-c5nc(-c6ccncc6)nc(-c6ccncc6)n5)cc4)ccc32)CC=C1c1nc(-c2ccncc2)nc(-c2ccncc2)n1. The maximum atomic E-state index is 4.96. The fourth-order valence-electron chi connectivity index (χ4n) is 10.2. The number of nitrogens with zero attached hydrogens (tertiary/aromatic N) is 12. The summed E-state index contributed by atoms with van der Waals surface area (Å²) in [6.45, 7) is 0. The molecule has 0 amide bonds. The van der Waals surface area contributed by atoms with Crippen LogP contribution in [-0.4, -0.2) is 59.0 Å². The molecule has 8 heterocycles. The molecule has 14 rings (SSSR count). The van der Waals surface area contributed by atoms with E-state index < -0.39 is 0 Å². The Bertz CT molecular complexity index is 4210. The van der Waals surface area contributed by atoms with Gasteiger partial charge in [-0.05, 0) is 127 Å². The monoisotopic (exact) mass is 952 g/mol. The molecule has 0 saturated heterocycles. The van der Waals surface area contributed by atoms with Crippen molar-refractivity contribution >= 4 is 49.2 Å². The summed E-state index contributed by atoms with van der Waals surface area (Å²) in [6.07, 6.45) is 21.5. The molecule has 1 atom stereocenters. The second kappa shape index (κ2) is 17.9. The van der Waals surface area contributed by atoms with E-state index in [0.29, 0.717) is 34.9 Å². The fourth-order valence-corrected chi connectivity index (χ4v) is 10.2. The summed E-state index contributed by atoms with van der Waals surface area (Å²) in [5.74, 6) is 3.56. The molecule has 13 aromatic rings. The molecule has 348 valence electrons. The van der Waals surface area contributed by atoms with Gasteiger partial charge >= 0.3 is 0 Å². The van der Waals surface area contributed by atoms with Crippen molar-refractivity contribution in [3.8, 4) is 73.8 Å². The predicted molar refractivity (Wildman–Crippen MR) is 292 cm³/mol. The lowest BCUT2D eigenvalue weighted by Crippen LogP contribution is -2.09. The van der Waals surface area contributed by atoms with Crippen molar-refractivity contribution < 1.29 is 0 Å². The van der Waals surface area contributed by atoms with Crippen molar-refractivity contribution in [3.63, 3.8) is 0 Å². The minimum atomic E-state index is 0.0796. The average Bonchev–Trinajstić information content (AvgIpc) is 4.02. The Kier molecular flexibility index (Phi) is 10.3. The molecule has 1 aliphatic rings. The van der Waals surface area contributed by atoms with Gasteiger partial charge in [-0.2, -0.15) is 0 Å². The van der Waals surface area contributed by atoms with E-state index in [0.717, 1.165) is 67.7 Å². The van der Waals surface area contributed by atoms with Crippen LogP contribution in [0.25, 0.3) is 123 Å². The Hall–Kier alpha value is -10.2. The zero-order valence-electron chi connectivity index (χ0n) is 39.5. The van der Waals surface area contributed by atoms with Crippen LogP contribution in [0.4, 0.5) is 0 Å². The smallest absolute Gasteiger partial charge is 0.164 e. The number of allylic oxidation sites excluding steroid dienone is 4. The van der Waals surface area contributed by atoms with E-state index >= 15 is 0 Å². The Morgan fingerprint density at radius 1 is 0.338 bits per heavy atom. The van der Waals surface area contributed by atoms with Crippen LogP contribution >= 0.6 is 0 Å². The lowest BCUT2D eigenvalue weighted by Gasteiger charge is -2.20. The molecule has 74 heavy (non-hydrogen) atoms. The number of hydrogen-bond acceptors (Lipinski definition) is 10. The summed E-state index contributed by atoms with van der Waals surface area (Å²) in [5.41, 5.74) is 13.3. The van der Waals surface area contributed by atoms with E-state index in [-0.39, 0.29) is 6.04 Å². The number of para-hydroxylation sites is 2. The molecule has 12 nitrogen and oxygen atoms in total. The molecule has 5 aromatic carbocycles. The van der Waals surface area contributed by atoms with Crippen LogP contribution in [0, 0.1) is 0 Å². The van der Waals surface area contributed by atoms with Gasteiger partial charge in [0.25, 0.3) is 0 Å². The van der Waals surface area contributed by atoms with Crippen LogP contribution in [0.2, 0.25) is 0 Å². The van der Waals surface area contributed by atoms with E-state index in [1.54, 1.807) is 49.6 Å². The number of aromatic nitrogens is 12. The quantitative estimate of drug-likeness (QED) is 0.137. The molecular formula is C62H40N12. The van der Waals surface area contributed by atoms with Crippen molar-refractivity contribution in [1.29, 1.82) is 0 Å². The topological polar surface area (TPSA) is 139 Å². The highest BCUT2D eigenvalue weighted by Gasteiger charge is 2.22. The predicted octanol–water partition coefficient (Wildman–Crippen LogP) is 13.4. The molecule has 12 heteroatoms. The first-order valence-electron chi connectivity index (χ1n) is 24.4. The summed E-state index contributed by atoms with van der Waals surface area (Å²) < 4.78 is 4.81. The van der Waals surface area contributed by atoms with Crippen LogP contribution in [0.5, 0.6) is 0 Å². The van der Waals surface area contributed by atoms with Gasteiger partial charge in [-0.25, -0.2) is 29.9 Å². The molecule has 1 unspecified atom stereocenters. The van der Waals surface area contributed by atoms with Gasteiger partial charge in [0.15, 0.2) is 34.9 Å². The summed E-state index contributed by atoms with van der Waals surface area (Å²) in [7, 11) is 0. The van der Waals surface area contributed by atoms with Crippen LogP contribution in [0.15, 0.2) is 226 Å². The van der Waals surface area contributed by atoms with Crippen LogP contribution in [0.1, 0.15) is 18.3 Å². The molecule has 0 fully saturated rings. The third-order valence-electron chi connectivity index (χ3n) is 13.8. The number of fused-ring (bicyclic) bond motifs is 6. The lowest BCUT2D eigenvalue weighted by molar-refractivity contribution is 0.649. The number of pyridine rings is 4. The minimum absolute atomic E-state index is 0.0796. The minimum Gasteiger partial charge on any atom is -0.333 e. The van der Waals surface area contributed by atoms with Crippen molar-refractivity contribution in [1.82, 2.24) is 59.0 Å². The third kappa shape index (κ3) is 7.56. The van der Waals surface area contributed by atoms with E-state index in [9.17, 15) is 0 Å². The molecule has 0 radical (unpaired) electrons. The van der Waals surface area contributed by atoms with E-state index in [1.165, 1.54) is 32.6 Å². The Balaban J connectivity index is 0.796. The standard InChI is InChI=1S/C62H40N12/c1-3-7-53-49(5-1)51-37-45(13-19-55(51)73(53)47-15-9-39(10-16-47)57-67-59(41-21-29-63-30-22-41)71-60(68-57)42-23-31-64-32-24-42)46-14-20-56-52(38-46)50-6-2-4-8-54(50)74(56)48-17-11-40(12-18-48)58-69-61(43-25-33-65-34-26-43)72-62(70-58)44-27-35-66-36-28-44/h1-17,19-38,48H,18H2. The van der Waals surface area contributed by atoms with Crippen molar-refractivity contribution in [2.75, 3.05) is 0 Å². The van der Waals surface area contributed by atoms with E-state index in [2.05, 4.69) is 156 Å². The normalized spacial score (nSPS) is 13.5. The molecule has 0 bridgehead atoms. The Morgan fingerprint density at radius 2 is 0.716 bits per heavy atom. The third-order valence-corrected chi connectivity index (χ3v) is 13.8. The Morgan fingerprint density at radius 3 is 1.20 bits per heavy atom. The van der Waals surface area contributed by atoms with Crippen LogP contribution in [0.3, 0.4) is 0 Å². The zero-order chi connectivity index (χ0) is 49.0. The summed E-state index contributed by atoms with van der Waals surface area (Å²) in [4.78, 5) is 46.3. The lowest BCUT2D eigenvalue weighted by atomic mass is 10.00. The summed E-state index contributed by atoms with van der Waals surface area (Å²) in [6, 6.07) is 55.0. The second-order valence-corrected chi connectivity index (χ2v) is 18.1. The first kappa shape index (κ1) is 42.7. The van der Waals surface area contributed by atoms with Gasteiger partial charge in [0.05, 0.1) is 17.1 Å². The Labute approximate surface area is 423 Å². The highest BCUT2D eigenvalue weighted by molar-refractivity contribution is 6.12. The number of rotatable bonds is 9. The van der Waals surface area contributed by atoms with Gasteiger partial charge in [-0.15, -0.1) is 0 Å². The van der Waals surface area contributed by atoms with Gasteiger partial charge in [0.2, 0.25) is 0 Å². The highest BCUT2D eigenvalue weighted by atomic mass is 15.1. The molecule has 0 N–H and O–H groups in total. The fraction of sp³-hybridized carbons (Fsp3) is 0.0323. The van der Waals surface area contributed by atoms with Gasteiger partial charge in [0.1, 0.15) is 0 Å². The molecule has 0 aliphatic heterocycles. The average molecular weight is 953 g/mol. The maximum absolute atomic E-state index is 4.96. The van der Waals surface area contributed by atoms with Crippen molar-refractivity contribution in [2.45, 2.75) is 12.5 Å². The first-order chi connectivity index (χ1) is 36.7. The van der Waals surface area contributed by atoms with Gasteiger partial charge in [-0.1, -0.05) is 66.8 Å². The molecule has 1 aliphatic carbocycles. The van der Waals surface area contributed by atoms with Crippen LogP contribution in [-0.2, 0) is 0 Å². The molecule has 8 aromatic heterocycles. The summed E-state index contributed by atoms with van der Waals surface area (Å²) >= 11 is 0. The van der Waals surface area contributed by atoms with E-state index in [1.807, 2.05) is 48.5 Å². The van der Waals surface area contributed by atoms with Crippen molar-refractivity contribution in [2.24, 2.45) is 0 Å². The van der Waals surface area contributed by atoms with Crippen LogP contribution < -0.4 is 0 Å². The largest absolute Gasteiger partial charge is 0.333 e. The number of benzene rings is 5. The first-order valence-corrected chi connectivity index (χ1v) is 24.4. The highest BCUT2D eigenvalue weighted by Crippen LogP contribution is 2.40. The summed E-state index contributed by atoms with van der Waals surface area (Å²) in [5, 5.41) is 4.79. The molecular weight excluding hydrogens is 913 g/mol. The second-order valence-electron chi connectivity index (χ2n) is 18.1. The maximum Gasteiger partial charge on any atom is 0.164 e. The number of hydrogen-bond donors (Lipinski definition) is 0. The van der Waals surface area contributed by atoms with Gasteiger partial charge in [0, 0.05) is 121 Å². The van der Waals surface area contributed by atoms with Gasteiger partial charge in [-0.3, -0.25) is 19.9 Å². The van der Waals surface area contributed by atoms with Crippen molar-refractivity contribution in [3.05, 3.63) is 231 Å². The molecule has 0 spiro atoms. The van der Waals surface area contributed by atoms with Gasteiger partial charge < -0.3 is 9.13 Å². The van der Waals surface area contributed by atoms with E-state index in [4.69, 9.17) is 29.9 Å². The molecule has 0 saturated carbocycles.